The van der Waals surface area contributed by atoms with Crippen LogP contribution >= 0.6 is 0 Å². The van der Waals surface area contributed by atoms with Gasteiger partial charge in [0.1, 0.15) is 0 Å². The minimum atomic E-state index is 0.223. The standard InChI is InChI=1S/C15H29N3O/c1-13-3-8-17(9-4-13)12-7-16-15-5-10-18(11-6-15)14(2)19/h13,15-16H,3-12H2,1-2H3. The van der Waals surface area contributed by atoms with Crippen molar-refractivity contribution in [1.82, 2.24) is 15.1 Å². The first-order valence-corrected chi connectivity index (χ1v) is 7.86. The van der Waals surface area contributed by atoms with E-state index < -0.39 is 0 Å². The fourth-order valence-electron chi connectivity index (χ4n) is 3.11. The van der Waals surface area contributed by atoms with E-state index in [1.807, 2.05) is 4.90 Å². The Balaban J connectivity index is 1.56. The molecule has 0 aromatic carbocycles. The van der Waals surface area contributed by atoms with Crippen molar-refractivity contribution in [2.75, 3.05) is 39.3 Å². The molecule has 0 aromatic heterocycles. The molecule has 0 atom stereocenters. The summed E-state index contributed by atoms with van der Waals surface area (Å²) in [6.07, 6.45) is 4.93. The molecule has 19 heavy (non-hydrogen) atoms. The van der Waals surface area contributed by atoms with E-state index in [9.17, 15) is 4.79 Å². The fourth-order valence-corrected chi connectivity index (χ4v) is 3.11. The second kappa shape index (κ2) is 7.25. The summed E-state index contributed by atoms with van der Waals surface area (Å²) < 4.78 is 0. The van der Waals surface area contributed by atoms with Crippen LogP contribution in [0, 0.1) is 5.92 Å². The van der Waals surface area contributed by atoms with Gasteiger partial charge in [0, 0.05) is 39.1 Å². The van der Waals surface area contributed by atoms with Gasteiger partial charge in [0.25, 0.3) is 0 Å². The molecule has 2 aliphatic heterocycles. The molecule has 4 nitrogen and oxygen atoms in total. The molecule has 0 saturated carbocycles. The number of piperidine rings is 2. The first-order valence-electron chi connectivity index (χ1n) is 7.86. The smallest absolute Gasteiger partial charge is 0.219 e. The number of amides is 1. The minimum Gasteiger partial charge on any atom is -0.343 e. The molecular formula is C15H29N3O. The largest absolute Gasteiger partial charge is 0.343 e. The number of carbonyl (C=O) groups excluding carboxylic acids is 1. The van der Waals surface area contributed by atoms with Gasteiger partial charge in [-0.05, 0) is 44.7 Å². The van der Waals surface area contributed by atoms with E-state index >= 15 is 0 Å². The summed E-state index contributed by atoms with van der Waals surface area (Å²) in [6.45, 7) is 10.7. The average Bonchev–Trinajstić information content (AvgIpc) is 2.41. The minimum absolute atomic E-state index is 0.223. The van der Waals surface area contributed by atoms with Gasteiger partial charge in [-0.3, -0.25) is 4.79 Å². The Kier molecular flexibility index (Phi) is 5.64. The number of hydrogen-bond acceptors (Lipinski definition) is 3. The molecule has 2 rings (SSSR count). The van der Waals surface area contributed by atoms with Crippen molar-refractivity contribution in [3.8, 4) is 0 Å². The Labute approximate surface area is 117 Å². The van der Waals surface area contributed by atoms with Gasteiger partial charge in [0.15, 0.2) is 0 Å². The molecule has 2 heterocycles. The van der Waals surface area contributed by atoms with Gasteiger partial charge in [-0.2, -0.15) is 0 Å². The molecule has 1 N–H and O–H groups in total. The van der Waals surface area contributed by atoms with E-state index in [0.29, 0.717) is 6.04 Å². The summed E-state index contributed by atoms with van der Waals surface area (Å²) in [4.78, 5) is 15.8. The topological polar surface area (TPSA) is 35.6 Å². The number of nitrogens with one attached hydrogen (secondary N) is 1. The van der Waals surface area contributed by atoms with Crippen LogP contribution < -0.4 is 5.32 Å². The number of carbonyl (C=O) groups is 1. The Morgan fingerprint density at radius 1 is 1.11 bits per heavy atom. The molecule has 2 saturated heterocycles. The lowest BCUT2D eigenvalue weighted by Crippen LogP contribution is -2.46. The maximum absolute atomic E-state index is 11.3. The van der Waals surface area contributed by atoms with Crippen LogP contribution in [-0.4, -0.2) is 61.0 Å². The Morgan fingerprint density at radius 3 is 2.32 bits per heavy atom. The van der Waals surface area contributed by atoms with Gasteiger partial charge in [-0.25, -0.2) is 0 Å². The summed E-state index contributed by atoms with van der Waals surface area (Å²) in [7, 11) is 0. The van der Waals surface area contributed by atoms with Gasteiger partial charge in [-0.15, -0.1) is 0 Å². The predicted octanol–water partition coefficient (Wildman–Crippen LogP) is 1.32. The van der Waals surface area contributed by atoms with Gasteiger partial charge in [-0.1, -0.05) is 6.92 Å². The molecular weight excluding hydrogens is 238 g/mol. The fraction of sp³-hybridized carbons (Fsp3) is 0.933. The van der Waals surface area contributed by atoms with Gasteiger partial charge < -0.3 is 15.1 Å². The monoisotopic (exact) mass is 267 g/mol. The number of hydrogen-bond donors (Lipinski definition) is 1. The maximum Gasteiger partial charge on any atom is 0.219 e. The van der Waals surface area contributed by atoms with E-state index in [1.54, 1.807) is 6.92 Å². The van der Waals surface area contributed by atoms with Crippen LogP contribution in [0.1, 0.15) is 39.5 Å². The predicted molar refractivity (Wildman–Crippen MR) is 78.1 cm³/mol. The molecule has 4 heteroatoms. The summed E-state index contributed by atoms with van der Waals surface area (Å²) in [5.74, 6) is 1.14. The van der Waals surface area contributed by atoms with E-state index in [4.69, 9.17) is 0 Å². The van der Waals surface area contributed by atoms with E-state index in [2.05, 4.69) is 17.1 Å². The highest BCUT2D eigenvalue weighted by atomic mass is 16.2. The third kappa shape index (κ3) is 4.77. The summed E-state index contributed by atoms with van der Waals surface area (Å²) in [6, 6.07) is 0.610. The van der Waals surface area contributed by atoms with Crippen LogP contribution in [0.25, 0.3) is 0 Å². The van der Waals surface area contributed by atoms with Gasteiger partial charge in [0.2, 0.25) is 5.91 Å². The van der Waals surface area contributed by atoms with Crippen LogP contribution in [0.3, 0.4) is 0 Å². The third-order valence-corrected chi connectivity index (χ3v) is 4.68. The molecule has 0 bridgehead atoms. The molecule has 0 spiro atoms. The van der Waals surface area contributed by atoms with E-state index in [0.717, 1.165) is 38.4 Å². The summed E-state index contributed by atoms with van der Waals surface area (Å²) in [5, 5.41) is 3.66. The average molecular weight is 267 g/mol. The lowest BCUT2D eigenvalue weighted by Gasteiger charge is -2.33. The summed E-state index contributed by atoms with van der Waals surface area (Å²) in [5.41, 5.74) is 0. The lowest BCUT2D eigenvalue weighted by molar-refractivity contribution is -0.129. The Bertz CT molecular complexity index is 279. The maximum atomic E-state index is 11.3. The van der Waals surface area contributed by atoms with Gasteiger partial charge in [0.05, 0.1) is 0 Å². The molecule has 0 aromatic rings. The lowest BCUT2D eigenvalue weighted by atomic mass is 9.99. The SMILES string of the molecule is CC(=O)N1CCC(NCCN2CCC(C)CC2)CC1. The Morgan fingerprint density at radius 2 is 1.74 bits per heavy atom. The molecule has 110 valence electrons. The van der Waals surface area contributed by atoms with Crippen molar-refractivity contribution >= 4 is 5.91 Å². The van der Waals surface area contributed by atoms with Gasteiger partial charge >= 0.3 is 0 Å². The van der Waals surface area contributed by atoms with Crippen molar-refractivity contribution in [3.63, 3.8) is 0 Å². The first kappa shape index (κ1) is 14.8. The molecule has 2 aliphatic rings. The van der Waals surface area contributed by atoms with Crippen LogP contribution in [-0.2, 0) is 4.79 Å². The second-order valence-corrected chi connectivity index (χ2v) is 6.26. The summed E-state index contributed by atoms with van der Waals surface area (Å²) >= 11 is 0. The molecule has 1 amide bonds. The zero-order valence-electron chi connectivity index (χ0n) is 12.5. The van der Waals surface area contributed by atoms with Crippen molar-refractivity contribution in [2.24, 2.45) is 5.92 Å². The van der Waals surface area contributed by atoms with Crippen molar-refractivity contribution in [2.45, 2.75) is 45.6 Å². The first-order chi connectivity index (χ1) is 9.15. The van der Waals surface area contributed by atoms with Crippen LogP contribution in [0.2, 0.25) is 0 Å². The zero-order chi connectivity index (χ0) is 13.7. The van der Waals surface area contributed by atoms with E-state index in [-0.39, 0.29) is 5.91 Å². The Hall–Kier alpha value is -0.610. The second-order valence-electron chi connectivity index (χ2n) is 6.26. The van der Waals surface area contributed by atoms with Crippen LogP contribution in [0.5, 0.6) is 0 Å². The van der Waals surface area contributed by atoms with Crippen molar-refractivity contribution in [1.29, 1.82) is 0 Å². The van der Waals surface area contributed by atoms with E-state index in [1.165, 1.54) is 32.5 Å². The normalized spacial score (nSPS) is 23.8. The molecule has 0 aliphatic carbocycles. The highest BCUT2D eigenvalue weighted by Crippen LogP contribution is 2.15. The van der Waals surface area contributed by atoms with Crippen LogP contribution in [0.4, 0.5) is 0 Å². The zero-order valence-corrected chi connectivity index (χ0v) is 12.5. The van der Waals surface area contributed by atoms with Crippen molar-refractivity contribution in [3.05, 3.63) is 0 Å². The highest BCUT2D eigenvalue weighted by molar-refractivity contribution is 5.73. The number of rotatable bonds is 4. The van der Waals surface area contributed by atoms with Crippen LogP contribution in [0.15, 0.2) is 0 Å². The highest BCUT2D eigenvalue weighted by Gasteiger charge is 2.20. The molecule has 2 fully saturated rings. The quantitative estimate of drug-likeness (QED) is 0.834. The molecule has 0 unspecified atom stereocenters. The molecule has 0 radical (unpaired) electrons. The van der Waals surface area contributed by atoms with Crippen molar-refractivity contribution < 1.29 is 4.79 Å². The number of nitrogens with zero attached hydrogens (tertiary/aromatic N) is 2. The third-order valence-electron chi connectivity index (χ3n) is 4.68. The number of likely N-dealkylation sites (tertiary alicyclic amines) is 2.